The predicted molar refractivity (Wildman–Crippen MR) is 56.1 cm³/mol. The highest BCUT2D eigenvalue weighted by Crippen LogP contribution is 2.30. The van der Waals surface area contributed by atoms with Crippen LogP contribution in [0.25, 0.3) is 0 Å². The maximum absolute atomic E-state index is 11.3. The van der Waals surface area contributed by atoms with Gasteiger partial charge in [-0.05, 0) is 12.8 Å². The molecule has 0 aromatic heterocycles. The molecule has 0 bridgehead atoms. The quantitative estimate of drug-likeness (QED) is 0.661. The molecule has 0 amide bonds. The van der Waals surface area contributed by atoms with Crippen LogP contribution in [0.3, 0.4) is 0 Å². The van der Waals surface area contributed by atoms with Crippen LogP contribution in [0.1, 0.15) is 27.2 Å². The van der Waals surface area contributed by atoms with Crippen molar-refractivity contribution in [3.05, 3.63) is 0 Å². The molecule has 5 atom stereocenters. The molecular formula is C11H19NO3. The average molecular weight is 213 g/mol. The summed E-state index contributed by atoms with van der Waals surface area (Å²) in [5, 5.41) is 12.6. The monoisotopic (exact) mass is 213 g/mol. The van der Waals surface area contributed by atoms with E-state index in [4.69, 9.17) is 0 Å². The predicted octanol–water partition coefficient (Wildman–Crippen LogP) is 0.343. The van der Waals surface area contributed by atoms with Gasteiger partial charge < -0.3 is 9.90 Å². The molecule has 1 aliphatic heterocycles. The summed E-state index contributed by atoms with van der Waals surface area (Å²) in [6, 6.07) is -0.0867. The van der Waals surface area contributed by atoms with E-state index in [9.17, 15) is 14.7 Å². The second-order valence-corrected chi connectivity index (χ2v) is 4.37. The third-order valence-electron chi connectivity index (χ3n) is 3.42. The zero-order valence-electron chi connectivity index (χ0n) is 9.43. The number of carbonyl (C=O) groups is 2. The molecule has 1 aliphatic rings. The van der Waals surface area contributed by atoms with Gasteiger partial charge in [-0.25, -0.2) is 0 Å². The lowest BCUT2D eigenvalue weighted by atomic mass is 9.83. The molecular weight excluding hydrogens is 194 g/mol. The van der Waals surface area contributed by atoms with Crippen LogP contribution in [0.4, 0.5) is 0 Å². The first-order valence-corrected chi connectivity index (χ1v) is 5.42. The number of aliphatic hydroxyl groups is 1. The summed E-state index contributed by atoms with van der Waals surface area (Å²) in [4.78, 5) is 22.3. The van der Waals surface area contributed by atoms with Gasteiger partial charge in [0.15, 0.2) is 0 Å². The molecule has 5 unspecified atom stereocenters. The highest BCUT2D eigenvalue weighted by molar-refractivity contribution is 5.83. The first-order valence-electron chi connectivity index (χ1n) is 5.42. The van der Waals surface area contributed by atoms with Crippen LogP contribution >= 0.6 is 0 Å². The number of Topliss-reactive ketones (excluding diaryl/α,β-unsaturated/α-hetero) is 1. The van der Waals surface area contributed by atoms with E-state index in [-0.39, 0.29) is 17.7 Å². The Morgan fingerprint density at radius 3 is 2.60 bits per heavy atom. The van der Waals surface area contributed by atoms with Gasteiger partial charge in [0.1, 0.15) is 18.3 Å². The zero-order chi connectivity index (χ0) is 11.6. The van der Waals surface area contributed by atoms with Gasteiger partial charge in [0.25, 0.3) is 0 Å². The minimum atomic E-state index is -0.878. The van der Waals surface area contributed by atoms with Gasteiger partial charge in [0.2, 0.25) is 0 Å². The minimum absolute atomic E-state index is 0.0867. The van der Waals surface area contributed by atoms with Crippen molar-refractivity contribution >= 4 is 12.1 Å². The minimum Gasteiger partial charge on any atom is -0.378 e. The van der Waals surface area contributed by atoms with Crippen molar-refractivity contribution in [2.24, 2.45) is 17.8 Å². The lowest BCUT2D eigenvalue weighted by Crippen LogP contribution is -2.36. The Kier molecular flexibility index (Phi) is 3.99. The fourth-order valence-corrected chi connectivity index (χ4v) is 2.31. The summed E-state index contributed by atoms with van der Waals surface area (Å²) in [7, 11) is 0. The summed E-state index contributed by atoms with van der Waals surface area (Å²) < 4.78 is 0. The number of carbonyl (C=O) groups excluding carboxylic acids is 2. The first-order chi connectivity index (χ1) is 7.02. The topological polar surface area (TPSA) is 66.4 Å². The molecule has 1 heterocycles. The van der Waals surface area contributed by atoms with Crippen molar-refractivity contribution < 1.29 is 14.7 Å². The molecule has 4 heteroatoms. The van der Waals surface area contributed by atoms with Crippen molar-refractivity contribution in [1.82, 2.24) is 5.32 Å². The summed E-state index contributed by atoms with van der Waals surface area (Å²) in [6.07, 6.45) is 0.836. The smallest absolute Gasteiger partial charge is 0.137 e. The molecule has 1 fully saturated rings. The number of aliphatic hydroxyl groups excluding tert-OH is 1. The van der Waals surface area contributed by atoms with Crippen molar-refractivity contribution in [1.29, 1.82) is 0 Å². The van der Waals surface area contributed by atoms with E-state index < -0.39 is 18.1 Å². The average Bonchev–Trinajstić information content (AvgIpc) is 2.53. The van der Waals surface area contributed by atoms with E-state index in [0.717, 1.165) is 12.7 Å². The Bertz CT molecular complexity index is 254. The number of nitrogens with one attached hydrogen (secondary N) is 1. The third-order valence-corrected chi connectivity index (χ3v) is 3.42. The third kappa shape index (κ3) is 2.26. The van der Waals surface area contributed by atoms with E-state index in [1.807, 2.05) is 13.8 Å². The SMILES string of the molecule is CCC(C)C1NC(O)C(C(C)=O)C1C=O. The van der Waals surface area contributed by atoms with Gasteiger partial charge >= 0.3 is 0 Å². The standard InChI is InChI=1S/C11H19NO3/c1-4-6(2)10-8(5-13)9(7(3)14)11(15)12-10/h5-6,8-12,15H,4H2,1-3H3. The van der Waals surface area contributed by atoms with Gasteiger partial charge in [0, 0.05) is 12.0 Å². The fourth-order valence-electron chi connectivity index (χ4n) is 2.31. The van der Waals surface area contributed by atoms with Gasteiger partial charge in [0.05, 0.1) is 5.92 Å². The van der Waals surface area contributed by atoms with Crippen molar-refractivity contribution in [2.45, 2.75) is 39.5 Å². The highest BCUT2D eigenvalue weighted by Gasteiger charge is 2.45. The molecule has 1 saturated heterocycles. The Morgan fingerprint density at radius 1 is 1.60 bits per heavy atom. The van der Waals surface area contributed by atoms with Gasteiger partial charge in [-0.3, -0.25) is 10.1 Å². The van der Waals surface area contributed by atoms with Gasteiger partial charge in [-0.1, -0.05) is 20.3 Å². The lowest BCUT2D eigenvalue weighted by Gasteiger charge is -2.22. The molecule has 0 radical (unpaired) electrons. The Morgan fingerprint density at radius 2 is 2.20 bits per heavy atom. The Labute approximate surface area is 90.0 Å². The number of hydrogen-bond acceptors (Lipinski definition) is 4. The van der Waals surface area contributed by atoms with Crippen LogP contribution in [0.15, 0.2) is 0 Å². The molecule has 15 heavy (non-hydrogen) atoms. The molecule has 0 saturated carbocycles. The zero-order valence-corrected chi connectivity index (χ0v) is 9.43. The van der Waals surface area contributed by atoms with E-state index in [0.29, 0.717) is 0 Å². The fraction of sp³-hybridized carbons (Fsp3) is 0.818. The van der Waals surface area contributed by atoms with Crippen LogP contribution in [0.5, 0.6) is 0 Å². The summed E-state index contributed by atoms with van der Waals surface area (Å²) in [5.74, 6) is -0.828. The maximum Gasteiger partial charge on any atom is 0.137 e. The summed E-state index contributed by atoms with van der Waals surface area (Å²) >= 11 is 0. The van der Waals surface area contributed by atoms with Crippen LogP contribution in [0, 0.1) is 17.8 Å². The highest BCUT2D eigenvalue weighted by atomic mass is 16.3. The van der Waals surface area contributed by atoms with Crippen molar-refractivity contribution in [2.75, 3.05) is 0 Å². The van der Waals surface area contributed by atoms with Crippen LogP contribution < -0.4 is 5.32 Å². The maximum atomic E-state index is 11.3. The molecule has 1 rings (SSSR count). The van der Waals surface area contributed by atoms with Crippen LogP contribution in [-0.4, -0.2) is 29.4 Å². The number of ketones is 1. The molecule has 4 nitrogen and oxygen atoms in total. The lowest BCUT2D eigenvalue weighted by molar-refractivity contribution is -0.128. The molecule has 0 aromatic rings. The van der Waals surface area contributed by atoms with E-state index in [1.54, 1.807) is 0 Å². The van der Waals surface area contributed by atoms with E-state index in [2.05, 4.69) is 5.32 Å². The number of hydrogen-bond donors (Lipinski definition) is 2. The van der Waals surface area contributed by atoms with E-state index >= 15 is 0 Å². The number of rotatable bonds is 4. The summed E-state index contributed by atoms with van der Waals surface area (Å²) in [6.45, 7) is 5.47. The Hall–Kier alpha value is -0.740. The molecule has 2 N–H and O–H groups in total. The molecule has 86 valence electrons. The normalized spacial score (nSPS) is 37.6. The van der Waals surface area contributed by atoms with Crippen molar-refractivity contribution in [3.63, 3.8) is 0 Å². The molecule has 0 spiro atoms. The second-order valence-electron chi connectivity index (χ2n) is 4.37. The summed E-state index contributed by atoms with van der Waals surface area (Å²) in [5.41, 5.74) is 0. The first kappa shape index (κ1) is 12.3. The van der Waals surface area contributed by atoms with Gasteiger partial charge in [-0.2, -0.15) is 0 Å². The molecule has 0 aromatic carbocycles. The van der Waals surface area contributed by atoms with E-state index in [1.165, 1.54) is 6.92 Å². The second kappa shape index (κ2) is 4.86. The van der Waals surface area contributed by atoms with Crippen LogP contribution in [-0.2, 0) is 9.59 Å². The number of aldehydes is 1. The van der Waals surface area contributed by atoms with Crippen LogP contribution in [0.2, 0.25) is 0 Å². The largest absolute Gasteiger partial charge is 0.378 e. The Balaban J connectivity index is 2.86. The van der Waals surface area contributed by atoms with Gasteiger partial charge in [-0.15, -0.1) is 0 Å². The van der Waals surface area contributed by atoms with Crippen molar-refractivity contribution in [3.8, 4) is 0 Å². The molecule has 0 aliphatic carbocycles.